The van der Waals surface area contributed by atoms with Crippen LogP contribution in [0.3, 0.4) is 0 Å². The summed E-state index contributed by atoms with van der Waals surface area (Å²) < 4.78 is 1.41. The van der Waals surface area contributed by atoms with Crippen molar-refractivity contribution < 1.29 is 4.79 Å². The van der Waals surface area contributed by atoms with E-state index in [0.717, 1.165) is 0 Å². The summed E-state index contributed by atoms with van der Waals surface area (Å²) in [5.41, 5.74) is 2.19. The van der Waals surface area contributed by atoms with Gasteiger partial charge in [-0.05, 0) is 44.5 Å². The monoisotopic (exact) mass is 371 g/mol. The van der Waals surface area contributed by atoms with Crippen LogP contribution in [-0.2, 0) is 6.42 Å². The van der Waals surface area contributed by atoms with Crippen molar-refractivity contribution in [1.82, 2.24) is 19.7 Å². The fourth-order valence-electron chi connectivity index (χ4n) is 2.65. The second-order valence-electron chi connectivity index (χ2n) is 5.85. The molecule has 0 fully saturated rings. The molecule has 8 heteroatoms. The van der Waals surface area contributed by atoms with Gasteiger partial charge in [-0.1, -0.05) is 18.5 Å². The maximum absolute atomic E-state index is 12.5. The van der Waals surface area contributed by atoms with Crippen LogP contribution in [0.15, 0.2) is 35.1 Å². The molecule has 26 heavy (non-hydrogen) atoms. The van der Waals surface area contributed by atoms with Gasteiger partial charge in [-0.2, -0.15) is 9.78 Å². The zero-order valence-electron chi connectivity index (χ0n) is 14.6. The van der Waals surface area contributed by atoms with Gasteiger partial charge >= 0.3 is 0 Å². The first-order valence-corrected chi connectivity index (χ1v) is 8.50. The molecule has 1 amide bonds. The summed E-state index contributed by atoms with van der Waals surface area (Å²) in [5, 5.41) is 7.67. The van der Waals surface area contributed by atoms with Gasteiger partial charge in [0.25, 0.3) is 11.5 Å². The van der Waals surface area contributed by atoms with Crippen LogP contribution in [0.1, 0.15) is 34.2 Å². The van der Waals surface area contributed by atoms with Crippen LogP contribution in [0.5, 0.6) is 0 Å². The first kappa shape index (κ1) is 17.9. The van der Waals surface area contributed by atoms with Crippen molar-refractivity contribution in [3.05, 3.63) is 68.2 Å². The third-order valence-corrected chi connectivity index (χ3v) is 4.20. The number of H-pyrrole nitrogens is 1. The van der Waals surface area contributed by atoms with E-state index >= 15 is 0 Å². The number of anilines is 1. The Morgan fingerprint density at radius 3 is 2.58 bits per heavy atom. The number of aromatic nitrogens is 4. The maximum Gasteiger partial charge on any atom is 0.256 e. The van der Waals surface area contributed by atoms with Gasteiger partial charge in [-0.15, -0.1) is 0 Å². The fraction of sp³-hybridized carbons (Fsp3) is 0.222. The van der Waals surface area contributed by atoms with Gasteiger partial charge in [0.15, 0.2) is 0 Å². The van der Waals surface area contributed by atoms with Crippen LogP contribution in [0, 0.1) is 13.8 Å². The van der Waals surface area contributed by atoms with E-state index in [4.69, 9.17) is 11.6 Å². The standard InChI is InChI=1S/C18H18ClN5O2/c1-4-14-11(3)20-18(22-17(14)26)24-15(9-10(2)23-24)21-16(25)12-5-7-13(19)8-6-12/h5-9H,4H2,1-3H3,(H,21,25)(H,20,22,26). The number of aryl methyl sites for hydroxylation is 2. The van der Waals surface area contributed by atoms with Crippen LogP contribution in [0.25, 0.3) is 5.95 Å². The molecule has 1 aromatic carbocycles. The van der Waals surface area contributed by atoms with E-state index in [1.807, 2.05) is 6.92 Å². The molecule has 0 atom stereocenters. The van der Waals surface area contributed by atoms with Crippen LogP contribution >= 0.6 is 11.6 Å². The molecule has 0 aliphatic rings. The topological polar surface area (TPSA) is 92.7 Å². The molecule has 0 radical (unpaired) electrons. The summed E-state index contributed by atoms with van der Waals surface area (Å²) in [5.74, 6) is 0.352. The van der Waals surface area contributed by atoms with E-state index < -0.39 is 0 Å². The number of nitrogens with zero attached hydrogens (tertiary/aromatic N) is 3. The molecule has 2 N–H and O–H groups in total. The van der Waals surface area contributed by atoms with Gasteiger partial charge in [0.1, 0.15) is 5.82 Å². The van der Waals surface area contributed by atoms with Gasteiger partial charge in [0.2, 0.25) is 5.95 Å². The lowest BCUT2D eigenvalue weighted by molar-refractivity contribution is 0.102. The number of hydrogen-bond donors (Lipinski definition) is 2. The van der Waals surface area contributed by atoms with Crippen molar-refractivity contribution in [3.63, 3.8) is 0 Å². The third-order valence-electron chi connectivity index (χ3n) is 3.94. The van der Waals surface area contributed by atoms with Gasteiger partial charge in [-0.25, -0.2) is 4.98 Å². The molecule has 134 valence electrons. The average molecular weight is 372 g/mol. The minimum Gasteiger partial charge on any atom is -0.306 e. The Kier molecular flexibility index (Phi) is 4.90. The lowest BCUT2D eigenvalue weighted by atomic mass is 10.2. The minimum atomic E-state index is -0.313. The molecule has 0 aliphatic carbocycles. The third kappa shape index (κ3) is 3.52. The maximum atomic E-state index is 12.5. The highest BCUT2D eigenvalue weighted by atomic mass is 35.5. The minimum absolute atomic E-state index is 0.210. The first-order chi connectivity index (χ1) is 12.4. The van der Waals surface area contributed by atoms with Gasteiger partial charge in [-0.3, -0.25) is 14.6 Å². The Balaban J connectivity index is 1.97. The van der Waals surface area contributed by atoms with E-state index in [9.17, 15) is 9.59 Å². The van der Waals surface area contributed by atoms with Gasteiger partial charge in [0, 0.05) is 27.9 Å². The lowest BCUT2D eigenvalue weighted by Crippen LogP contribution is -2.21. The second kappa shape index (κ2) is 7.13. The Hall–Kier alpha value is -2.93. The number of nitrogens with one attached hydrogen (secondary N) is 2. The molecule has 0 aliphatic heterocycles. The average Bonchev–Trinajstić information content (AvgIpc) is 2.95. The van der Waals surface area contributed by atoms with Crippen LogP contribution < -0.4 is 10.9 Å². The number of aromatic amines is 1. The summed E-state index contributed by atoms with van der Waals surface area (Å²) in [6.45, 7) is 5.47. The van der Waals surface area contributed by atoms with E-state index in [1.54, 1.807) is 44.2 Å². The summed E-state index contributed by atoms with van der Waals surface area (Å²) >= 11 is 5.85. The van der Waals surface area contributed by atoms with Crippen molar-refractivity contribution in [2.45, 2.75) is 27.2 Å². The smallest absolute Gasteiger partial charge is 0.256 e. The normalized spacial score (nSPS) is 10.8. The number of hydrogen-bond acceptors (Lipinski definition) is 4. The number of halogens is 1. The first-order valence-electron chi connectivity index (χ1n) is 8.12. The predicted octanol–water partition coefficient (Wildman–Crippen LogP) is 3.04. The highest BCUT2D eigenvalue weighted by Crippen LogP contribution is 2.17. The van der Waals surface area contributed by atoms with Crippen LogP contribution in [0.2, 0.25) is 5.02 Å². The summed E-state index contributed by atoms with van der Waals surface area (Å²) in [6, 6.07) is 8.25. The van der Waals surface area contributed by atoms with Gasteiger partial charge in [0.05, 0.1) is 5.69 Å². The Labute approximate surface area is 155 Å². The van der Waals surface area contributed by atoms with Crippen molar-refractivity contribution in [1.29, 1.82) is 0 Å². The Bertz CT molecular complexity index is 1020. The van der Waals surface area contributed by atoms with Crippen LogP contribution in [0.4, 0.5) is 5.82 Å². The molecule has 0 spiro atoms. The van der Waals surface area contributed by atoms with Crippen molar-refractivity contribution in [2.24, 2.45) is 0 Å². The molecule has 0 saturated heterocycles. The summed E-state index contributed by atoms with van der Waals surface area (Å²) in [7, 11) is 0. The molecule has 3 rings (SSSR count). The van der Waals surface area contributed by atoms with Crippen LogP contribution in [-0.4, -0.2) is 25.7 Å². The zero-order valence-corrected chi connectivity index (χ0v) is 15.4. The molecular formula is C18H18ClN5O2. The number of carbonyl (C=O) groups excluding carboxylic acids is 1. The van der Waals surface area contributed by atoms with Crippen molar-refractivity contribution in [3.8, 4) is 5.95 Å². The molecule has 0 unspecified atom stereocenters. The summed E-state index contributed by atoms with van der Waals surface area (Å²) in [4.78, 5) is 31.8. The molecule has 0 saturated carbocycles. The van der Waals surface area contributed by atoms with E-state index in [0.29, 0.717) is 39.8 Å². The number of rotatable bonds is 4. The van der Waals surface area contributed by atoms with Gasteiger partial charge < -0.3 is 5.32 Å². The highest BCUT2D eigenvalue weighted by molar-refractivity contribution is 6.30. The second-order valence-corrected chi connectivity index (χ2v) is 6.29. The molecular weight excluding hydrogens is 354 g/mol. The molecule has 3 aromatic rings. The molecule has 7 nitrogen and oxygen atoms in total. The quantitative estimate of drug-likeness (QED) is 0.737. The highest BCUT2D eigenvalue weighted by Gasteiger charge is 2.15. The van der Waals surface area contributed by atoms with E-state index in [2.05, 4.69) is 20.4 Å². The number of carbonyl (C=O) groups is 1. The largest absolute Gasteiger partial charge is 0.306 e. The Morgan fingerprint density at radius 1 is 1.27 bits per heavy atom. The summed E-state index contributed by atoms with van der Waals surface area (Å²) in [6.07, 6.45) is 0.590. The SMILES string of the molecule is CCc1c(C)nc(-n2nc(C)cc2NC(=O)c2ccc(Cl)cc2)[nH]c1=O. The fourth-order valence-corrected chi connectivity index (χ4v) is 2.78. The van der Waals surface area contributed by atoms with Crippen molar-refractivity contribution in [2.75, 3.05) is 5.32 Å². The molecule has 2 aromatic heterocycles. The lowest BCUT2D eigenvalue weighted by Gasteiger charge is -2.10. The predicted molar refractivity (Wildman–Crippen MR) is 100 cm³/mol. The van der Waals surface area contributed by atoms with Crippen molar-refractivity contribution >= 4 is 23.3 Å². The zero-order chi connectivity index (χ0) is 18.8. The van der Waals surface area contributed by atoms with E-state index in [-0.39, 0.29) is 17.4 Å². The molecule has 2 heterocycles. The molecule has 0 bridgehead atoms. The number of amides is 1. The Morgan fingerprint density at radius 2 is 1.96 bits per heavy atom. The van der Waals surface area contributed by atoms with E-state index in [1.165, 1.54) is 4.68 Å². The number of benzene rings is 1.